The van der Waals surface area contributed by atoms with E-state index < -0.39 is 0 Å². The fraction of sp³-hybridized carbons (Fsp3) is 0.708. The quantitative estimate of drug-likeness (QED) is 0.589. The lowest BCUT2D eigenvalue weighted by Gasteiger charge is -2.51. The first-order chi connectivity index (χ1) is 14.0. The van der Waals surface area contributed by atoms with Crippen LogP contribution < -0.4 is 0 Å². The monoisotopic (exact) mass is 399 g/mol. The minimum absolute atomic E-state index is 0.0380. The Labute approximate surface area is 173 Å². The van der Waals surface area contributed by atoms with Crippen LogP contribution in [-0.4, -0.2) is 54.0 Å². The van der Waals surface area contributed by atoms with Crippen molar-refractivity contribution in [2.45, 2.75) is 57.3 Å². The summed E-state index contributed by atoms with van der Waals surface area (Å²) >= 11 is 0. The Kier molecular flexibility index (Phi) is 4.96. The number of nitrogens with zero attached hydrogens (tertiary/aromatic N) is 1. The second kappa shape index (κ2) is 7.36. The van der Waals surface area contributed by atoms with Crippen molar-refractivity contribution in [1.82, 2.24) is 4.90 Å². The highest BCUT2D eigenvalue weighted by Gasteiger charge is 2.65. The summed E-state index contributed by atoms with van der Waals surface area (Å²) in [5, 5.41) is 9.58. The molecule has 5 heteroatoms. The number of carbonyl (C=O) groups is 1. The van der Waals surface area contributed by atoms with Crippen LogP contribution in [0.25, 0.3) is 0 Å². The van der Waals surface area contributed by atoms with Gasteiger partial charge in [-0.25, -0.2) is 0 Å². The van der Waals surface area contributed by atoms with Crippen LogP contribution in [0.1, 0.15) is 44.6 Å². The lowest BCUT2D eigenvalue weighted by atomic mass is 9.53. The zero-order valence-electron chi connectivity index (χ0n) is 17.4. The Balaban J connectivity index is 1.33. The van der Waals surface area contributed by atoms with Gasteiger partial charge in [0, 0.05) is 25.6 Å². The Morgan fingerprint density at radius 3 is 2.76 bits per heavy atom. The minimum atomic E-state index is -0.0995. The largest absolute Gasteiger partial charge is 0.462 e. The number of ether oxygens (including phenoxy) is 2. The first-order valence-corrected chi connectivity index (χ1v) is 11.2. The highest BCUT2D eigenvalue weighted by molar-refractivity contribution is 5.75. The molecule has 158 valence electrons. The van der Waals surface area contributed by atoms with Gasteiger partial charge in [-0.2, -0.15) is 0 Å². The summed E-state index contributed by atoms with van der Waals surface area (Å²) in [4.78, 5) is 15.1. The number of aliphatic hydroxyl groups is 1. The van der Waals surface area contributed by atoms with Gasteiger partial charge in [0.25, 0.3) is 0 Å². The Hall–Kier alpha value is -1.43. The molecular weight excluding hydrogens is 366 g/mol. The number of hydrogen-bond acceptors (Lipinski definition) is 5. The number of epoxide rings is 1. The molecule has 2 heterocycles. The summed E-state index contributed by atoms with van der Waals surface area (Å²) in [6.45, 7) is 5.37. The molecule has 29 heavy (non-hydrogen) atoms. The van der Waals surface area contributed by atoms with Crippen molar-refractivity contribution in [3.63, 3.8) is 0 Å². The van der Waals surface area contributed by atoms with Gasteiger partial charge < -0.3 is 14.6 Å². The van der Waals surface area contributed by atoms with Crippen LogP contribution >= 0.6 is 0 Å². The molecule has 0 bridgehead atoms. The lowest BCUT2D eigenvalue weighted by Crippen LogP contribution is -2.51. The maximum atomic E-state index is 12.9. The van der Waals surface area contributed by atoms with Crippen LogP contribution in [0.2, 0.25) is 0 Å². The van der Waals surface area contributed by atoms with Gasteiger partial charge in [-0.05, 0) is 49.0 Å². The Morgan fingerprint density at radius 2 is 2.03 bits per heavy atom. The van der Waals surface area contributed by atoms with Crippen LogP contribution in [0.3, 0.4) is 0 Å². The molecule has 6 atom stereocenters. The summed E-state index contributed by atoms with van der Waals surface area (Å²) in [6, 6.07) is 10.3. The molecule has 0 amide bonds. The third-order valence-corrected chi connectivity index (χ3v) is 8.20. The molecule has 1 aromatic carbocycles. The number of benzene rings is 1. The first kappa shape index (κ1) is 19.5. The van der Waals surface area contributed by atoms with Crippen molar-refractivity contribution in [2.75, 3.05) is 26.3 Å². The highest BCUT2D eigenvalue weighted by Crippen LogP contribution is 2.62. The number of aliphatic hydroxyl groups excluding tert-OH is 1. The van der Waals surface area contributed by atoms with Crippen LogP contribution in [0.15, 0.2) is 30.3 Å². The van der Waals surface area contributed by atoms with Crippen LogP contribution in [0.5, 0.6) is 0 Å². The summed E-state index contributed by atoms with van der Waals surface area (Å²) < 4.78 is 12.0. The van der Waals surface area contributed by atoms with E-state index in [9.17, 15) is 9.90 Å². The van der Waals surface area contributed by atoms with Gasteiger partial charge in [0.05, 0.1) is 24.7 Å². The molecule has 2 saturated carbocycles. The van der Waals surface area contributed by atoms with Gasteiger partial charge >= 0.3 is 5.97 Å². The predicted octanol–water partition coefficient (Wildman–Crippen LogP) is 3.01. The molecule has 5 rings (SSSR count). The van der Waals surface area contributed by atoms with E-state index in [1.165, 1.54) is 24.8 Å². The number of esters is 1. The summed E-state index contributed by atoms with van der Waals surface area (Å²) in [6.07, 6.45) is 5.69. The normalized spacial score (nSPS) is 40.6. The standard InChI is InChI=1S/C24H33NO4/c1-23-8-5-9-24(16-28-24)21(23)12-18-19(22(27)29-20(18)13-23)15-25(10-11-26)14-17-6-3-2-4-7-17/h2-4,6-7,18-21,26H,5,8-16H2,1H3/t18-,19+,20-,21-,23-,24+/m1/s1. The van der Waals surface area contributed by atoms with E-state index in [1.807, 2.05) is 18.2 Å². The molecule has 1 N–H and O–H groups in total. The first-order valence-electron chi connectivity index (χ1n) is 11.2. The zero-order valence-corrected chi connectivity index (χ0v) is 17.4. The zero-order chi connectivity index (χ0) is 20.1. The number of carbonyl (C=O) groups excluding carboxylic acids is 1. The third kappa shape index (κ3) is 3.51. The van der Waals surface area contributed by atoms with Crippen LogP contribution in [-0.2, 0) is 20.8 Å². The molecule has 0 radical (unpaired) electrons. The van der Waals surface area contributed by atoms with Crippen molar-refractivity contribution in [3.8, 4) is 0 Å². The lowest BCUT2D eigenvalue weighted by molar-refractivity contribution is -0.147. The molecule has 4 aliphatic rings. The van der Waals surface area contributed by atoms with Crippen molar-refractivity contribution in [1.29, 1.82) is 0 Å². The number of hydrogen-bond donors (Lipinski definition) is 1. The van der Waals surface area contributed by atoms with Crippen molar-refractivity contribution in [2.24, 2.45) is 23.2 Å². The Morgan fingerprint density at radius 1 is 1.24 bits per heavy atom. The molecule has 2 aliphatic carbocycles. The van der Waals surface area contributed by atoms with E-state index in [-0.39, 0.29) is 41.5 Å². The van der Waals surface area contributed by atoms with E-state index in [0.29, 0.717) is 19.0 Å². The second-order valence-corrected chi connectivity index (χ2v) is 10.0. The average Bonchev–Trinajstić information content (AvgIpc) is 3.40. The van der Waals surface area contributed by atoms with E-state index >= 15 is 0 Å². The van der Waals surface area contributed by atoms with Gasteiger partial charge in [-0.3, -0.25) is 9.69 Å². The molecule has 4 fully saturated rings. The number of rotatable bonds is 6. The van der Waals surface area contributed by atoms with Gasteiger partial charge in [-0.15, -0.1) is 0 Å². The molecule has 2 saturated heterocycles. The van der Waals surface area contributed by atoms with Crippen molar-refractivity contribution >= 4 is 5.97 Å². The van der Waals surface area contributed by atoms with E-state index in [4.69, 9.17) is 9.47 Å². The Bertz CT molecular complexity index is 749. The highest BCUT2D eigenvalue weighted by atomic mass is 16.6. The van der Waals surface area contributed by atoms with Gasteiger partial charge in [-0.1, -0.05) is 37.3 Å². The van der Waals surface area contributed by atoms with E-state index in [2.05, 4.69) is 24.0 Å². The van der Waals surface area contributed by atoms with Crippen molar-refractivity contribution < 1.29 is 19.4 Å². The van der Waals surface area contributed by atoms with Gasteiger partial charge in [0.2, 0.25) is 0 Å². The molecule has 1 aromatic rings. The summed E-state index contributed by atoms with van der Waals surface area (Å²) in [5.41, 5.74) is 1.53. The van der Waals surface area contributed by atoms with E-state index in [1.54, 1.807) is 0 Å². The number of fused-ring (bicyclic) bond motifs is 3. The fourth-order valence-corrected chi connectivity index (χ4v) is 6.66. The second-order valence-electron chi connectivity index (χ2n) is 10.0. The van der Waals surface area contributed by atoms with Gasteiger partial charge in [0.1, 0.15) is 6.10 Å². The maximum Gasteiger partial charge on any atom is 0.310 e. The van der Waals surface area contributed by atoms with Crippen LogP contribution in [0.4, 0.5) is 0 Å². The molecule has 2 aliphatic heterocycles. The summed E-state index contributed by atoms with van der Waals surface area (Å²) in [5.74, 6) is 0.681. The third-order valence-electron chi connectivity index (χ3n) is 8.20. The smallest absolute Gasteiger partial charge is 0.310 e. The van der Waals surface area contributed by atoms with Gasteiger partial charge in [0.15, 0.2) is 0 Å². The minimum Gasteiger partial charge on any atom is -0.462 e. The average molecular weight is 400 g/mol. The molecular formula is C24H33NO4. The molecule has 5 nitrogen and oxygen atoms in total. The van der Waals surface area contributed by atoms with Crippen molar-refractivity contribution in [3.05, 3.63) is 35.9 Å². The summed E-state index contributed by atoms with van der Waals surface area (Å²) in [7, 11) is 0. The predicted molar refractivity (Wildman–Crippen MR) is 109 cm³/mol. The fourth-order valence-electron chi connectivity index (χ4n) is 6.66. The molecule has 0 aromatic heterocycles. The topological polar surface area (TPSA) is 62.3 Å². The van der Waals surface area contributed by atoms with E-state index in [0.717, 1.165) is 26.0 Å². The maximum absolute atomic E-state index is 12.9. The SMILES string of the molecule is C[C@]12CCC[C@]3(CO3)[C@@H]1C[C@@H]1[C@H](CN(CCO)Cc3ccccc3)C(=O)O[C@@H]1C2. The van der Waals surface area contributed by atoms with Crippen LogP contribution in [0, 0.1) is 23.2 Å². The molecule has 0 unspecified atom stereocenters. The molecule has 1 spiro atoms.